The number of nitrogens with one attached hydrogen (secondary N) is 2. The van der Waals surface area contributed by atoms with E-state index in [4.69, 9.17) is 4.74 Å². The fourth-order valence-electron chi connectivity index (χ4n) is 1.06. The van der Waals surface area contributed by atoms with Crippen LogP contribution in [-0.2, 0) is 9.53 Å². The molecular weight excluding hydrogens is 220 g/mol. The van der Waals surface area contributed by atoms with Crippen LogP contribution in [0.1, 0.15) is 48.0 Å². The molecule has 5 nitrogen and oxygen atoms in total. The molecule has 100 valence electrons. The Balaban J connectivity index is 3.78. The van der Waals surface area contributed by atoms with Crippen LogP contribution in [-0.4, -0.2) is 29.7 Å². The van der Waals surface area contributed by atoms with E-state index in [1.165, 1.54) is 0 Å². The molecule has 0 aliphatic carbocycles. The first-order valence-electron chi connectivity index (χ1n) is 5.75. The lowest BCUT2D eigenvalue weighted by Gasteiger charge is -2.21. The molecule has 0 spiro atoms. The lowest BCUT2D eigenvalue weighted by atomic mass is 10.1. The second-order valence-electron chi connectivity index (χ2n) is 6.06. The van der Waals surface area contributed by atoms with E-state index in [0.29, 0.717) is 0 Å². The smallest absolute Gasteiger partial charge is 0.407 e. The maximum Gasteiger partial charge on any atom is 0.407 e. The molecule has 0 aromatic rings. The molecule has 0 saturated heterocycles. The average molecular weight is 244 g/mol. The molecule has 0 rings (SSSR count). The van der Waals surface area contributed by atoms with Crippen molar-refractivity contribution in [2.45, 2.75) is 59.0 Å². The van der Waals surface area contributed by atoms with Gasteiger partial charge in [-0.1, -0.05) is 0 Å². The van der Waals surface area contributed by atoms with Crippen molar-refractivity contribution in [3.63, 3.8) is 0 Å². The summed E-state index contributed by atoms with van der Waals surface area (Å²) in [6.45, 7) is 11.4. The van der Waals surface area contributed by atoms with E-state index in [9.17, 15) is 9.59 Å². The summed E-state index contributed by atoms with van der Waals surface area (Å²) in [5.41, 5.74) is -0.588. The summed E-state index contributed by atoms with van der Waals surface area (Å²) in [4.78, 5) is 22.7. The van der Waals surface area contributed by atoms with Gasteiger partial charge in [0, 0.05) is 11.1 Å². The number of rotatable bonds is 3. The van der Waals surface area contributed by atoms with Crippen molar-refractivity contribution in [2.24, 2.45) is 0 Å². The van der Waals surface area contributed by atoms with Gasteiger partial charge in [-0.2, -0.15) is 0 Å². The van der Waals surface area contributed by atoms with Gasteiger partial charge in [0.2, 0.25) is 5.91 Å². The quantitative estimate of drug-likeness (QED) is 0.795. The highest BCUT2D eigenvalue weighted by Crippen LogP contribution is 2.01. The van der Waals surface area contributed by atoms with Crippen LogP contribution in [0, 0.1) is 0 Å². The van der Waals surface area contributed by atoms with Gasteiger partial charge in [0.05, 0.1) is 6.42 Å². The van der Waals surface area contributed by atoms with Gasteiger partial charge in [-0.05, 0) is 41.5 Å². The number of amides is 2. The molecule has 0 aromatic heterocycles. The molecule has 0 heterocycles. The van der Waals surface area contributed by atoms with Crippen LogP contribution in [0.4, 0.5) is 4.79 Å². The van der Waals surface area contributed by atoms with Crippen molar-refractivity contribution in [2.75, 3.05) is 6.61 Å². The zero-order valence-corrected chi connectivity index (χ0v) is 11.6. The summed E-state index contributed by atoms with van der Waals surface area (Å²) in [6, 6.07) is 0. The predicted octanol–water partition coefficient (Wildman–Crippen LogP) is 1.82. The van der Waals surface area contributed by atoms with Crippen LogP contribution < -0.4 is 10.6 Å². The fourth-order valence-corrected chi connectivity index (χ4v) is 1.06. The Kier molecular flexibility index (Phi) is 5.45. The fraction of sp³-hybridized carbons (Fsp3) is 0.833. The summed E-state index contributed by atoms with van der Waals surface area (Å²) in [5.74, 6) is -0.124. The van der Waals surface area contributed by atoms with Crippen LogP contribution in [0.15, 0.2) is 0 Å². The van der Waals surface area contributed by atoms with Crippen LogP contribution >= 0.6 is 0 Å². The van der Waals surface area contributed by atoms with E-state index < -0.39 is 6.09 Å². The van der Waals surface area contributed by atoms with Gasteiger partial charge in [0.15, 0.2) is 0 Å². The highest BCUT2D eigenvalue weighted by atomic mass is 16.5. The number of alkyl carbamates (subject to hydrolysis) is 1. The van der Waals surface area contributed by atoms with Gasteiger partial charge >= 0.3 is 6.09 Å². The molecule has 2 N–H and O–H groups in total. The van der Waals surface area contributed by atoms with Gasteiger partial charge in [-0.3, -0.25) is 4.79 Å². The van der Waals surface area contributed by atoms with Crippen molar-refractivity contribution >= 4 is 12.0 Å². The van der Waals surface area contributed by atoms with Crippen molar-refractivity contribution in [3.05, 3.63) is 0 Å². The molecule has 0 radical (unpaired) electrons. The molecule has 2 amide bonds. The lowest BCUT2D eigenvalue weighted by molar-refractivity contribution is -0.123. The Labute approximate surface area is 103 Å². The SMILES string of the molecule is CC(C)(C)NC(=O)CCOC(=O)NC(C)(C)C. The molecule has 0 aromatic carbocycles. The largest absolute Gasteiger partial charge is 0.449 e. The van der Waals surface area contributed by atoms with Crippen LogP contribution in [0.2, 0.25) is 0 Å². The van der Waals surface area contributed by atoms with Crippen LogP contribution in [0.25, 0.3) is 0 Å². The predicted molar refractivity (Wildman–Crippen MR) is 66.7 cm³/mol. The minimum Gasteiger partial charge on any atom is -0.449 e. The third-order valence-electron chi connectivity index (χ3n) is 1.55. The van der Waals surface area contributed by atoms with Crippen molar-refractivity contribution < 1.29 is 14.3 Å². The third kappa shape index (κ3) is 11.0. The maximum atomic E-state index is 11.4. The monoisotopic (exact) mass is 244 g/mol. The van der Waals surface area contributed by atoms with Gasteiger partial charge in [-0.25, -0.2) is 4.79 Å². The summed E-state index contributed by atoms with van der Waals surface area (Å²) in [6.07, 6.45) is -0.324. The van der Waals surface area contributed by atoms with Crippen LogP contribution in [0.3, 0.4) is 0 Å². The molecule has 17 heavy (non-hydrogen) atoms. The van der Waals surface area contributed by atoms with E-state index in [-0.39, 0.29) is 30.0 Å². The van der Waals surface area contributed by atoms with E-state index in [1.807, 2.05) is 41.5 Å². The normalized spacial score (nSPS) is 11.9. The first-order valence-corrected chi connectivity index (χ1v) is 5.75. The van der Waals surface area contributed by atoms with E-state index in [0.717, 1.165) is 0 Å². The summed E-state index contributed by atoms with van der Waals surface area (Å²) in [7, 11) is 0. The first-order chi connectivity index (χ1) is 7.49. The molecule has 0 aliphatic heterocycles. The first kappa shape index (κ1) is 15.7. The summed E-state index contributed by atoms with van der Waals surface area (Å²) >= 11 is 0. The molecule has 5 heteroatoms. The number of ether oxygens (including phenoxy) is 1. The molecule has 0 atom stereocenters. The second kappa shape index (κ2) is 5.89. The van der Waals surface area contributed by atoms with Gasteiger partial charge in [0.25, 0.3) is 0 Å². The third-order valence-corrected chi connectivity index (χ3v) is 1.55. The number of hydrogen-bond acceptors (Lipinski definition) is 3. The zero-order chi connectivity index (χ0) is 13.7. The number of carbonyl (C=O) groups is 2. The van der Waals surface area contributed by atoms with Gasteiger partial charge in [0.1, 0.15) is 6.61 Å². The molecular formula is C12H24N2O3. The van der Waals surface area contributed by atoms with E-state index >= 15 is 0 Å². The van der Waals surface area contributed by atoms with Crippen molar-refractivity contribution in [3.8, 4) is 0 Å². The Bertz CT molecular complexity index is 246. The Hall–Kier alpha value is -1.26. The number of carbonyl (C=O) groups excluding carboxylic acids is 2. The number of hydrogen-bond donors (Lipinski definition) is 2. The average Bonchev–Trinajstić information content (AvgIpc) is 1.95. The van der Waals surface area contributed by atoms with Gasteiger partial charge in [-0.15, -0.1) is 0 Å². The second-order valence-corrected chi connectivity index (χ2v) is 6.06. The topological polar surface area (TPSA) is 67.4 Å². The van der Waals surface area contributed by atoms with Gasteiger partial charge < -0.3 is 15.4 Å². The summed E-state index contributed by atoms with van der Waals surface area (Å²) < 4.78 is 4.89. The molecule has 0 aliphatic rings. The highest BCUT2D eigenvalue weighted by molar-refractivity contribution is 5.77. The minimum absolute atomic E-state index is 0.0871. The highest BCUT2D eigenvalue weighted by Gasteiger charge is 2.16. The molecule has 0 saturated carbocycles. The van der Waals surface area contributed by atoms with E-state index in [1.54, 1.807) is 0 Å². The molecule has 0 unspecified atom stereocenters. The van der Waals surface area contributed by atoms with Crippen molar-refractivity contribution in [1.29, 1.82) is 0 Å². The minimum atomic E-state index is -0.499. The Morgan fingerprint density at radius 3 is 1.82 bits per heavy atom. The Morgan fingerprint density at radius 1 is 0.941 bits per heavy atom. The lowest BCUT2D eigenvalue weighted by Crippen LogP contribution is -2.42. The van der Waals surface area contributed by atoms with Crippen molar-refractivity contribution in [1.82, 2.24) is 10.6 Å². The Morgan fingerprint density at radius 2 is 1.41 bits per heavy atom. The molecule has 0 bridgehead atoms. The molecule has 0 fully saturated rings. The summed E-state index contributed by atoms with van der Waals surface area (Å²) in [5, 5.41) is 5.44. The van der Waals surface area contributed by atoms with E-state index in [2.05, 4.69) is 10.6 Å². The zero-order valence-electron chi connectivity index (χ0n) is 11.6. The standard InChI is InChI=1S/C12H24N2O3/c1-11(2,3)13-9(15)7-8-17-10(16)14-12(4,5)6/h7-8H2,1-6H3,(H,13,15)(H,14,16). The van der Waals surface area contributed by atoms with Crippen LogP contribution in [0.5, 0.6) is 0 Å². The maximum absolute atomic E-state index is 11.4.